The molecule has 9 heavy (non-hydrogen) atoms. The van der Waals surface area contributed by atoms with Gasteiger partial charge in [-0.25, -0.2) is 13.2 Å². The molecule has 0 amide bonds. The molecule has 0 spiro atoms. The van der Waals surface area contributed by atoms with Crippen molar-refractivity contribution in [1.29, 1.82) is 0 Å². The van der Waals surface area contributed by atoms with Gasteiger partial charge in [-0.15, -0.1) is 0 Å². The maximum absolute atomic E-state index is 11.8. The lowest BCUT2D eigenvalue weighted by atomic mass is 10.5. The Hall–Kier alpha value is -0.250. The highest BCUT2D eigenvalue weighted by Gasteiger charge is 2.20. The van der Waals surface area contributed by atoms with E-state index < -0.39 is 18.9 Å². The van der Waals surface area contributed by atoms with Crippen LogP contribution < -0.4 is 0 Å². The lowest BCUT2D eigenvalue weighted by Crippen LogP contribution is -2.20. The van der Waals surface area contributed by atoms with E-state index in [0.717, 1.165) is 0 Å². The molecular weight excluding hydrogens is 133 g/mol. The van der Waals surface area contributed by atoms with Gasteiger partial charge in [-0.3, -0.25) is 0 Å². The summed E-state index contributed by atoms with van der Waals surface area (Å²) in [4.78, 5) is 0. The molecule has 4 heteroatoms. The van der Waals surface area contributed by atoms with E-state index in [-0.39, 0.29) is 0 Å². The molecule has 1 atom stereocenters. The van der Waals surface area contributed by atoms with E-state index in [1.54, 1.807) is 0 Å². The van der Waals surface area contributed by atoms with Crippen LogP contribution in [0.15, 0.2) is 0 Å². The fourth-order valence-corrected chi connectivity index (χ4v) is 0.319. The van der Waals surface area contributed by atoms with E-state index in [1.807, 2.05) is 0 Å². The number of alkyl halides is 3. The highest BCUT2D eigenvalue weighted by molar-refractivity contribution is 4.45. The van der Waals surface area contributed by atoms with Crippen molar-refractivity contribution in [3.63, 3.8) is 0 Å². The number of rotatable bonds is 3. The Labute approximate surface area is 51.8 Å². The van der Waals surface area contributed by atoms with Crippen LogP contribution in [0.2, 0.25) is 0 Å². The molecular formula is C5H9F3O. The normalized spacial score (nSPS) is 15.0. The molecule has 0 aliphatic rings. The van der Waals surface area contributed by atoms with E-state index in [2.05, 4.69) is 4.74 Å². The first-order valence-electron chi connectivity index (χ1n) is 2.61. The number of hydrogen-bond acceptors (Lipinski definition) is 1. The third-order valence-electron chi connectivity index (χ3n) is 0.600. The summed E-state index contributed by atoms with van der Waals surface area (Å²) >= 11 is 0. The molecule has 56 valence electrons. The zero-order valence-corrected chi connectivity index (χ0v) is 5.27. The van der Waals surface area contributed by atoms with Crippen LogP contribution in [0.1, 0.15) is 13.8 Å². The maximum Gasteiger partial charge on any atom is 0.293 e. The number of halogens is 3. The second kappa shape index (κ2) is 3.71. The van der Waals surface area contributed by atoms with Crippen molar-refractivity contribution in [3.05, 3.63) is 0 Å². The first-order valence-corrected chi connectivity index (χ1v) is 2.61. The predicted octanol–water partition coefficient (Wildman–Crippen LogP) is 1.97. The SMILES string of the molecule is CC(C)OC(F)C(F)F. The van der Waals surface area contributed by atoms with Gasteiger partial charge in [-0.05, 0) is 13.8 Å². The zero-order valence-electron chi connectivity index (χ0n) is 5.27. The molecule has 0 radical (unpaired) electrons. The predicted molar refractivity (Wildman–Crippen MR) is 27.1 cm³/mol. The average Bonchev–Trinajstić information content (AvgIpc) is 1.63. The van der Waals surface area contributed by atoms with Gasteiger partial charge in [-0.1, -0.05) is 0 Å². The van der Waals surface area contributed by atoms with Crippen molar-refractivity contribution in [1.82, 2.24) is 0 Å². The first kappa shape index (κ1) is 8.75. The quantitative estimate of drug-likeness (QED) is 0.585. The van der Waals surface area contributed by atoms with Gasteiger partial charge >= 0.3 is 0 Å². The molecule has 1 nitrogen and oxygen atoms in total. The average molecular weight is 142 g/mol. The summed E-state index contributed by atoms with van der Waals surface area (Å²) in [5.41, 5.74) is 0. The molecule has 1 unspecified atom stereocenters. The minimum atomic E-state index is -3.03. The van der Waals surface area contributed by atoms with Crippen LogP contribution in [0.3, 0.4) is 0 Å². The van der Waals surface area contributed by atoms with Crippen LogP contribution >= 0.6 is 0 Å². The van der Waals surface area contributed by atoms with E-state index in [4.69, 9.17) is 0 Å². The Morgan fingerprint density at radius 1 is 1.11 bits per heavy atom. The fraction of sp³-hybridized carbons (Fsp3) is 1.00. The third-order valence-corrected chi connectivity index (χ3v) is 0.600. The second-order valence-electron chi connectivity index (χ2n) is 1.87. The van der Waals surface area contributed by atoms with Crippen molar-refractivity contribution < 1.29 is 17.9 Å². The molecule has 0 aromatic rings. The standard InChI is InChI=1S/C5H9F3O/c1-3(2)9-5(8)4(6)7/h3-5H,1-2H3. The zero-order chi connectivity index (χ0) is 7.44. The molecule has 0 rings (SSSR count). The van der Waals surface area contributed by atoms with E-state index >= 15 is 0 Å². The highest BCUT2D eigenvalue weighted by Crippen LogP contribution is 2.08. The highest BCUT2D eigenvalue weighted by atomic mass is 19.3. The van der Waals surface area contributed by atoms with Crippen molar-refractivity contribution in [2.45, 2.75) is 32.7 Å². The summed E-state index contributed by atoms with van der Waals surface area (Å²) < 4.78 is 38.5. The lowest BCUT2D eigenvalue weighted by molar-refractivity contribution is -0.148. The summed E-state index contributed by atoms with van der Waals surface area (Å²) in [5, 5.41) is 0. The second-order valence-corrected chi connectivity index (χ2v) is 1.87. The van der Waals surface area contributed by atoms with E-state index in [0.29, 0.717) is 0 Å². The largest absolute Gasteiger partial charge is 0.341 e. The van der Waals surface area contributed by atoms with Gasteiger partial charge < -0.3 is 4.74 Å². The van der Waals surface area contributed by atoms with Gasteiger partial charge in [-0.2, -0.15) is 0 Å². The monoisotopic (exact) mass is 142 g/mol. The molecule has 0 saturated carbocycles. The summed E-state index contributed by atoms with van der Waals surface area (Å²) in [6.45, 7) is 2.99. The smallest absolute Gasteiger partial charge is 0.293 e. The van der Waals surface area contributed by atoms with Gasteiger partial charge in [0.15, 0.2) is 0 Å². The number of hydrogen-bond donors (Lipinski definition) is 0. The van der Waals surface area contributed by atoms with Gasteiger partial charge in [0.25, 0.3) is 12.8 Å². The van der Waals surface area contributed by atoms with Gasteiger partial charge in [0.1, 0.15) is 0 Å². The van der Waals surface area contributed by atoms with Crippen LogP contribution in [0.25, 0.3) is 0 Å². The Kier molecular flexibility index (Phi) is 3.61. The summed E-state index contributed by atoms with van der Waals surface area (Å²) in [7, 11) is 0. The Morgan fingerprint density at radius 3 is 1.67 bits per heavy atom. The molecule has 0 aliphatic heterocycles. The van der Waals surface area contributed by atoms with Crippen LogP contribution in [0, 0.1) is 0 Å². The molecule has 0 N–H and O–H groups in total. The van der Waals surface area contributed by atoms with E-state index in [1.165, 1.54) is 13.8 Å². The lowest BCUT2D eigenvalue weighted by Gasteiger charge is -2.10. The maximum atomic E-state index is 11.8. The van der Waals surface area contributed by atoms with E-state index in [9.17, 15) is 13.2 Å². The molecule has 0 saturated heterocycles. The minimum Gasteiger partial charge on any atom is -0.341 e. The van der Waals surface area contributed by atoms with Gasteiger partial charge in [0.05, 0.1) is 6.10 Å². The third kappa shape index (κ3) is 4.27. The molecule has 0 heterocycles. The van der Waals surface area contributed by atoms with Crippen LogP contribution in [0.5, 0.6) is 0 Å². The molecule has 0 aromatic carbocycles. The minimum absolute atomic E-state index is 0.492. The van der Waals surface area contributed by atoms with Crippen LogP contribution in [0.4, 0.5) is 13.2 Å². The van der Waals surface area contributed by atoms with Crippen LogP contribution in [-0.4, -0.2) is 18.9 Å². The topological polar surface area (TPSA) is 9.23 Å². The Morgan fingerprint density at radius 2 is 1.56 bits per heavy atom. The Bertz CT molecular complexity index is 74.6. The van der Waals surface area contributed by atoms with Gasteiger partial charge in [0, 0.05) is 0 Å². The van der Waals surface area contributed by atoms with Crippen molar-refractivity contribution in [3.8, 4) is 0 Å². The fourth-order valence-electron chi connectivity index (χ4n) is 0.319. The summed E-state index contributed by atoms with van der Waals surface area (Å²) in [5.74, 6) is 0. The molecule has 0 aliphatic carbocycles. The first-order chi connectivity index (χ1) is 4.04. The van der Waals surface area contributed by atoms with Crippen LogP contribution in [-0.2, 0) is 4.74 Å². The number of ether oxygens (including phenoxy) is 1. The van der Waals surface area contributed by atoms with Crippen molar-refractivity contribution >= 4 is 0 Å². The molecule has 0 bridgehead atoms. The molecule has 0 aromatic heterocycles. The van der Waals surface area contributed by atoms with Crippen molar-refractivity contribution in [2.24, 2.45) is 0 Å². The molecule has 0 fully saturated rings. The summed E-state index contributed by atoms with van der Waals surface area (Å²) in [6.07, 6.45) is -5.97. The van der Waals surface area contributed by atoms with Crippen molar-refractivity contribution in [2.75, 3.05) is 0 Å². The Balaban J connectivity index is 3.38. The summed E-state index contributed by atoms with van der Waals surface area (Å²) in [6, 6.07) is 0. The van der Waals surface area contributed by atoms with Gasteiger partial charge in [0.2, 0.25) is 0 Å².